The number of nitrogens with one attached hydrogen (secondary N) is 3. The molecule has 1 aromatic heterocycles. The van der Waals surface area contributed by atoms with E-state index in [2.05, 4.69) is 64.7 Å². The summed E-state index contributed by atoms with van der Waals surface area (Å²) in [5.41, 5.74) is 3.21. The molecule has 1 aromatic carbocycles. The van der Waals surface area contributed by atoms with Crippen molar-refractivity contribution >= 4 is 29.0 Å². The molecule has 0 atom stereocenters. The Balaban J connectivity index is 1.60. The van der Waals surface area contributed by atoms with Gasteiger partial charge in [0.1, 0.15) is 11.4 Å². The molecular formula is C21H28N6O. The smallest absolute Gasteiger partial charge is 0.261 e. The summed E-state index contributed by atoms with van der Waals surface area (Å²) in [6.45, 7) is 8.59. The fourth-order valence-corrected chi connectivity index (χ4v) is 3.59. The standard InChI is InChI=1S/C21H28N6O/c1-21(2,3)13-5-6-16-17(11-13)25-19(28)15-12-22-20(26-18(15)24-16)23-14-7-9-27(4)10-8-14/h5-6,11-12,14H,7-10H2,1-4H3,(H,25,28)(H2,22,23,24,26). The third kappa shape index (κ3) is 3.80. The number of benzene rings is 1. The van der Waals surface area contributed by atoms with Gasteiger partial charge in [-0.25, -0.2) is 4.98 Å². The zero-order chi connectivity index (χ0) is 19.9. The molecular weight excluding hydrogens is 352 g/mol. The average molecular weight is 380 g/mol. The Kier molecular flexibility index (Phi) is 4.71. The summed E-state index contributed by atoms with van der Waals surface area (Å²) < 4.78 is 0. The Hall–Kier alpha value is -2.67. The van der Waals surface area contributed by atoms with Gasteiger partial charge in [-0.1, -0.05) is 26.8 Å². The number of likely N-dealkylation sites (tertiary alicyclic amines) is 1. The number of amides is 1. The summed E-state index contributed by atoms with van der Waals surface area (Å²) in [6.07, 6.45) is 3.71. The van der Waals surface area contributed by atoms with Gasteiger partial charge in [0.2, 0.25) is 5.95 Å². The maximum absolute atomic E-state index is 12.7. The highest BCUT2D eigenvalue weighted by atomic mass is 16.1. The van der Waals surface area contributed by atoms with Crippen LogP contribution in [0.1, 0.15) is 49.5 Å². The molecule has 2 aliphatic rings. The number of nitrogens with zero attached hydrogens (tertiary/aromatic N) is 3. The molecule has 3 heterocycles. The van der Waals surface area contributed by atoms with Crippen LogP contribution in [-0.4, -0.2) is 47.0 Å². The second-order valence-corrected chi connectivity index (χ2v) is 8.77. The largest absolute Gasteiger partial charge is 0.351 e. The molecule has 4 rings (SSSR count). The molecule has 2 aliphatic heterocycles. The minimum absolute atomic E-state index is 0.00384. The highest BCUT2D eigenvalue weighted by Crippen LogP contribution is 2.35. The first kappa shape index (κ1) is 18.7. The van der Waals surface area contributed by atoms with E-state index < -0.39 is 0 Å². The molecule has 7 nitrogen and oxygen atoms in total. The molecule has 148 valence electrons. The second kappa shape index (κ2) is 7.05. The van der Waals surface area contributed by atoms with Crippen molar-refractivity contribution in [3.05, 3.63) is 35.5 Å². The van der Waals surface area contributed by atoms with Gasteiger partial charge in [-0.15, -0.1) is 0 Å². The van der Waals surface area contributed by atoms with Crippen LogP contribution < -0.4 is 16.0 Å². The molecule has 1 saturated heterocycles. The molecule has 0 unspecified atom stereocenters. The van der Waals surface area contributed by atoms with E-state index in [1.807, 2.05) is 12.1 Å². The van der Waals surface area contributed by atoms with E-state index in [1.165, 1.54) is 0 Å². The minimum Gasteiger partial charge on any atom is -0.351 e. The van der Waals surface area contributed by atoms with E-state index in [0.717, 1.165) is 42.9 Å². The number of aromatic nitrogens is 2. The summed E-state index contributed by atoms with van der Waals surface area (Å²) in [5.74, 6) is 0.895. The van der Waals surface area contributed by atoms with Crippen molar-refractivity contribution in [3.8, 4) is 0 Å². The number of fused-ring (bicyclic) bond motifs is 2. The Labute approximate surface area is 166 Å². The molecule has 0 bridgehead atoms. The first-order valence-electron chi connectivity index (χ1n) is 9.84. The number of piperidine rings is 1. The highest BCUT2D eigenvalue weighted by Gasteiger charge is 2.24. The zero-order valence-corrected chi connectivity index (χ0v) is 17.0. The Morgan fingerprint density at radius 2 is 1.89 bits per heavy atom. The van der Waals surface area contributed by atoms with Crippen molar-refractivity contribution in [1.82, 2.24) is 14.9 Å². The molecule has 28 heavy (non-hydrogen) atoms. The maximum atomic E-state index is 12.7. The number of carbonyl (C=O) groups excluding carboxylic acids is 1. The topological polar surface area (TPSA) is 82.2 Å². The fraction of sp³-hybridized carbons (Fsp3) is 0.476. The van der Waals surface area contributed by atoms with Gasteiger partial charge in [-0.2, -0.15) is 4.98 Å². The van der Waals surface area contributed by atoms with Gasteiger partial charge in [0.25, 0.3) is 5.91 Å². The van der Waals surface area contributed by atoms with Crippen molar-refractivity contribution in [2.45, 2.75) is 45.1 Å². The van der Waals surface area contributed by atoms with Gasteiger partial charge in [0, 0.05) is 12.2 Å². The molecule has 2 aromatic rings. The molecule has 7 heteroatoms. The van der Waals surface area contributed by atoms with Crippen LogP contribution in [0.2, 0.25) is 0 Å². The summed E-state index contributed by atoms with van der Waals surface area (Å²) in [4.78, 5) is 24.0. The zero-order valence-electron chi connectivity index (χ0n) is 17.0. The molecule has 3 N–H and O–H groups in total. The quantitative estimate of drug-likeness (QED) is 0.739. The first-order chi connectivity index (χ1) is 13.3. The Morgan fingerprint density at radius 3 is 2.61 bits per heavy atom. The highest BCUT2D eigenvalue weighted by molar-refractivity contribution is 6.11. The summed E-state index contributed by atoms with van der Waals surface area (Å²) in [6, 6.07) is 6.46. The van der Waals surface area contributed by atoms with Crippen molar-refractivity contribution in [2.75, 3.05) is 36.1 Å². The van der Waals surface area contributed by atoms with Gasteiger partial charge in [0.05, 0.1) is 11.4 Å². The van der Waals surface area contributed by atoms with Crippen LogP contribution in [0.25, 0.3) is 0 Å². The molecule has 1 amide bonds. The van der Waals surface area contributed by atoms with E-state index in [9.17, 15) is 4.79 Å². The average Bonchev–Trinajstić information content (AvgIpc) is 2.77. The normalized spacial score (nSPS) is 17.8. The number of hydrogen-bond donors (Lipinski definition) is 3. The van der Waals surface area contributed by atoms with Crippen LogP contribution in [-0.2, 0) is 5.41 Å². The lowest BCUT2D eigenvalue weighted by Gasteiger charge is -2.29. The van der Waals surface area contributed by atoms with Crippen LogP contribution in [0.3, 0.4) is 0 Å². The van der Waals surface area contributed by atoms with Crippen molar-refractivity contribution in [1.29, 1.82) is 0 Å². The van der Waals surface area contributed by atoms with E-state index >= 15 is 0 Å². The van der Waals surface area contributed by atoms with E-state index in [0.29, 0.717) is 23.4 Å². The number of hydrogen-bond acceptors (Lipinski definition) is 6. The molecule has 0 saturated carbocycles. The summed E-state index contributed by atoms with van der Waals surface area (Å²) in [7, 11) is 2.14. The Bertz CT molecular complexity index is 896. The third-order valence-electron chi connectivity index (χ3n) is 5.47. The van der Waals surface area contributed by atoms with Crippen LogP contribution in [0.15, 0.2) is 24.4 Å². The van der Waals surface area contributed by atoms with Gasteiger partial charge in [-0.05, 0) is 56.1 Å². The predicted octanol–water partition coefficient (Wildman–Crippen LogP) is 3.59. The maximum Gasteiger partial charge on any atom is 0.261 e. The van der Waals surface area contributed by atoms with Crippen LogP contribution in [0.5, 0.6) is 0 Å². The number of rotatable bonds is 2. The second-order valence-electron chi connectivity index (χ2n) is 8.77. The molecule has 0 radical (unpaired) electrons. The number of anilines is 4. The summed E-state index contributed by atoms with van der Waals surface area (Å²) in [5, 5.41) is 9.72. The summed E-state index contributed by atoms with van der Waals surface area (Å²) >= 11 is 0. The monoisotopic (exact) mass is 380 g/mol. The van der Waals surface area contributed by atoms with Gasteiger partial charge >= 0.3 is 0 Å². The molecule has 0 aliphatic carbocycles. The fourth-order valence-electron chi connectivity index (χ4n) is 3.59. The number of carbonyl (C=O) groups is 1. The van der Waals surface area contributed by atoms with Crippen molar-refractivity contribution in [2.24, 2.45) is 0 Å². The molecule has 0 spiro atoms. The van der Waals surface area contributed by atoms with Gasteiger partial charge in [0.15, 0.2) is 0 Å². The Morgan fingerprint density at radius 1 is 1.14 bits per heavy atom. The van der Waals surface area contributed by atoms with Crippen LogP contribution >= 0.6 is 0 Å². The lowest BCUT2D eigenvalue weighted by molar-refractivity contribution is 0.102. The van der Waals surface area contributed by atoms with Gasteiger partial charge in [-0.3, -0.25) is 4.79 Å². The van der Waals surface area contributed by atoms with Crippen LogP contribution in [0.4, 0.5) is 23.1 Å². The SMILES string of the molecule is CN1CCC(Nc2ncc3c(n2)Nc2ccc(C(C)(C)C)cc2NC3=O)CC1. The lowest BCUT2D eigenvalue weighted by Crippen LogP contribution is -2.37. The van der Waals surface area contributed by atoms with Crippen molar-refractivity contribution in [3.63, 3.8) is 0 Å². The predicted molar refractivity (Wildman–Crippen MR) is 113 cm³/mol. The minimum atomic E-state index is -0.196. The third-order valence-corrected chi connectivity index (χ3v) is 5.47. The molecule has 1 fully saturated rings. The van der Waals surface area contributed by atoms with E-state index in [1.54, 1.807) is 6.20 Å². The van der Waals surface area contributed by atoms with Crippen molar-refractivity contribution < 1.29 is 4.79 Å². The van der Waals surface area contributed by atoms with Crippen LogP contribution in [0, 0.1) is 0 Å². The first-order valence-corrected chi connectivity index (χ1v) is 9.84. The van der Waals surface area contributed by atoms with E-state index in [4.69, 9.17) is 0 Å². The van der Waals surface area contributed by atoms with E-state index in [-0.39, 0.29) is 11.3 Å². The van der Waals surface area contributed by atoms with Gasteiger partial charge < -0.3 is 20.9 Å². The lowest BCUT2D eigenvalue weighted by atomic mass is 9.86.